The molecule has 25 heavy (non-hydrogen) atoms. The molecular formula is C19H20ClFN2OS. The van der Waals surface area contributed by atoms with Gasteiger partial charge in [0.25, 0.3) is 0 Å². The van der Waals surface area contributed by atoms with E-state index in [4.69, 9.17) is 28.6 Å². The normalized spacial score (nSPS) is 16.6. The number of ether oxygens (including phenoxy) is 1. The summed E-state index contributed by atoms with van der Waals surface area (Å²) in [6, 6.07) is 13.9. The minimum Gasteiger partial charge on any atom is -0.376 e. The van der Waals surface area contributed by atoms with Crippen LogP contribution < -0.4 is 5.32 Å². The predicted octanol–water partition coefficient (Wildman–Crippen LogP) is 4.86. The van der Waals surface area contributed by atoms with Crippen LogP contribution in [0.1, 0.15) is 18.4 Å². The van der Waals surface area contributed by atoms with Crippen molar-refractivity contribution in [3.63, 3.8) is 0 Å². The Kier molecular flexibility index (Phi) is 6.24. The molecule has 1 aliphatic heterocycles. The van der Waals surface area contributed by atoms with Crippen molar-refractivity contribution >= 4 is 34.6 Å². The average molecular weight is 379 g/mol. The van der Waals surface area contributed by atoms with E-state index in [0.717, 1.165) is 30.7 Å². The highest BCUT2D eigenvalue weighted by Crippen LogP contribution is 2.18. The number of hydrogen-bond donors (Lipinski definition) is 1. The van der Waals surface area contributed by atoms with E-state index in [2.05, 4.69) is 10.2 Å². The smallest absolute Gasteiger partial charge is 0.173 e. The molecule has 2 aromatic rings. The molecule has 1 atom stereocenters. The number of thiocarbonyl (C=S) groups is 1. The molecule has 1 fully saturated rings. The molecule has 0 aliphatic carbocycles. The second kappa shape index (κ2) is 8.61. The SMILES string of the molecule is Fc1ccc(CN(CC2CCCO2)C(=S)Nc2ccc(Cl)cc2)cc1. The van der Waals surface area contributed by atoms with Crippen molar-refractivity contribution < 1.29 is 9.13 Å². The predicted molar refractivity (Wildman–Crippen MR) is 103 cm³/mol. The minimum absolute atomic E-state index is 0.172. The van der Waals surface area contributed by atoms with Gasteiger partial charge in [0.2, 0.25) is 0 Å². The molecule has 1 aliphatic rings. The van der Waals surface area contributed by atoms with Crippen LogP contribution in [-0.2, 0) is 11.3 Å². The summed E-state index contributed by atoms with van der Waals surface area (Å²) in [5.41, 5.74) is 1.88. The van der Waals surface area contributed by atoms with E-state index in [0.29, 0.717) is 23.2 Å². The zero-order valence-electron chi connectivity index (χ0n) is 13.8. The number of rotatable bonds is 5. The molecule has 2 aromatic carbocycles. The van der Waals surface area contributed by atoms with Crippen LogP contribution in [0, 0.1) is 5.82 Å². The Bertz CT molecular complexity index is 702. The third-order valence-electron chi connectivity index (χ3n) is 4.12. The molecule has 0 bridgehead atoms. The van der Waals surface area contributed by atoms with Crippen molar-refractivity contribution in [2.45, 2.75) is 25.5 Å². The zero-order chi connectivity index (χ0) is 17.6. The van der Waals surface area contributed by atoms with Crippen LogP contribution in [0.4, 0.5) is 10.1 Å². The lowest BCUT2D eigenvalue weighted by molar-refractivity contribution is 0.0905. The highest BCUT2D eigenvalue weighted by atomic mass is 35.5. The lowest BCUT2D eigenvalue weighted by atomic mass is 10.2. The second-order valence-corrected chi connectivity index (χ2v) is 6.90. The van der Waals surface area contributed by atoms with Crippen molar-refractivity contribution in [1.82, 2.24) is 4.90 Å². The summed E-state index contributed by atoms with van der Waals surface area (Å²) < 4.78 is 18.9. The highest BCUT2D eigenvalue weighted by molar-refractivity contribution is 7.80. The van der Waals surface area contributed by atoms with Gasteiger partial charge in [-0.15, -0.1) is 0 Å². The van der Waals surface area contributed by atoms with E-state index in [1.807, 2.05) is 24.3 Å². The van der Waals surface area contributed by atoms with Crippen LogP contribution in [0.5, 0.6) is 0 Å². The Balaban J connectivity index is 1.70. The first-order valence-corrected chi connectivity index (χ1v) is 9.06. The molecule has 1 saturated heterocycles. The van der Waals surface area contributed by atoms with Gasteiger partial charge in [0.05, 0.1) is 6.10 Å². The molecule has 0 spiro atoms. The fourth-order valence-corrected chi connectivity index (χ4v) is 3.18. The van der Waals surface area contributed by atoms with Gasteiger partial charge in [-0.2, -0.15) is 0 Å². The van der Waals surface area contributed by atoms with Crippen LogP contribution in [0.2, 0.25) is 5.02 Å². The standard InChI is InChI=1S/C19H20ClFN2OS/c20-15-5-9-17(10-6-15)22-19(25)23(13-18-2-1-11-24-18)12-14-3-7-16(21)8-4-14/h3-10,18H,1-2,11-13H2,(H,22,25). The van der Waals surface area contributed by atoms with Gasteiger partial charge in [0, 0.05) is 30.4 Å². The Labute approximate surface area is 157 Å². The third-order valence-corrected chi connectivity index (χ3v) is 4.73. The molecule has 1 unspecified atom stereocenters. The fourth-order valence-electron chi connectivity index (χ4n) is 2.80. The van der Waals surface area contributed by atoms with Crippen molar-refractivity contribution in [2.24, 2.45) is 0 Å². The van der Waals surface area contributed by atoms with E-state index in [1.165, 1.54) is 12.1 Å². The molecule has 0 radical (unpaired) electrons. The maximum Gasteiger partial charge on any atom is 0.173 e. The molecular weight excluding hydrogens is 359 g/mol. The van der Waals surface area contributed by atoms with Gasteiger partial charge in [0.15, 0.2) is 5.11 Å². The first kappa shape index (κ1) is 18.1. The molecule has 1 N–H and O–H groups in total. The number of nitrogens with zero attached hydrogens (tertiary/aromatic N) is 1. The van der Waals surface area contributed by atoms with Crippen LogP contribution in [0.25, 0.3) is 0 Å². The number of anilines is 1. The van der Waals surface area contributed by atoms with E-state index in [-0.39, 0.29) is 11.9 Å². The summed E-state index contributed by atoms with van der Waals surface area (Å²) in [6.07, 6.45) is 2.28. The van der Waals surface area contributed by atoms with Gasteiger partial charge < -0.3 is 15.0 Å². The van der Waals surface area contributed by atoms with Crippen LogP contribution in [-0.4, -0.2) is 29.3 Å². The first-order chi connectivity index (χ1) is 12.1. The number of nitrogens with one attached hydrogen (secondary N) is 1. The van der Waals surface area contributed by atoms with Crippen molar-refractivity contribution in [2.75, 3.05) is 18.5 Å². The summed E-state index contributed by atoms with van der Waals surface area (Å²) in [6.45, 7) is 2.10. The lowest BCUT2D eigenvalue weighted by Crippen LogP contribution is -2.39. The molecule has 3 nitrogen and oxygen atoms in total. The van der Waals surface area contributed by atoms with Crippen molar-refractivity contribution in [3.05, 3.63) is 64.9 Å². The van der Waals surface area contributed by atoms with E-state index in [1.54, 1.807) is 12.1 Å². The monoisotopic (exact) mass is 378 g/mol. The van der Waals surface area contributed by atoms with Crippen LogP contribution in [0.15, 0.2) is 48.5 Å². The number of hydrogen-bond acceptors (Lipinski definition) is 2. The molecule has 3 rings (SSSR count). The topological polar surface area (TPSA) is 24.5 Å². The average Bonchev–Trinajstić information content (AvgIpc) is 3.11. The Hall–Kier alpha value is -1.69. The summed E-state index contributed by atoms with van der Waals surface area (Å²) in [5.74, 6) is -0.240. The summed E-state index contributed by atoms with van der Waals surface area (Å²) in [7, 11) is 0. The number of halogens is 2. The van der Waals surface area contributed by atoms with Crippen molar-refractivity contribution in [3.8, 4) is 0 Å². The van der Waals surface area contributed by atoms with E-state index >= 15 is 0 Å². The molecule has 0 saturated carbocycles. The van der Waals surface area contributed by atoms with Crippen molar-refractivity contribution in [1.29, 1.82) is 0 Å². The van der Waals surface area contributed by atoms with Gasteiger partial charge >= 0.3 is 0 Å². The molecule has 132 valence electrons. The Morgan fingerprint density at radius 1 is 1.20 bits per heavy atom. The molecule has 0 aromatic heterocycles. The summed E-state index contributed by atoms with van der Waals surface area (Å²) in [5, 5.41) is 4.54. The van der Waals surface area contributed by atoms with Gasteiger partial charge in [-0.05, 0) is 67.0 Å². The number of benzene rings is 2. The largest absolute Gasteiger partial charge is 0.376 e. The lowest BCUT2D eigenvalue weighted by Gasteiger charge is -2.28. The molecule has 6 heteroatoms. The van der Waals surface area contributed by atoms with Gasteiger partial charge in [-0.1, -0.05) is 23.7 Å². The maximum absolute atomic E-state index is 13.1. The van der Waals surface area contributed by atoms with E-state index < -0.39 is 0 Å². The van der Waals surface area contributed by atoms with Gasteiger partial charge in [0.1, 0.15) is 5.82 Å². The van der Waals surface area contributed by atoms with Gasteiger partial charge in [-0.25, -0.2) is 4.39 Å². The summed E-state index contributed by atoms with van der Waals surface area (Å²) >= 11 is 11.5. The van der Waals surface area contributed by atoms with Crippen LogP contribution in [0.3, 0.4) is 0 Å². The quantitative estimate of drug-likeness (QED) is 0.751. The van der Waals surface area contributed by atoms with Crippen LogP contribution >= 0.6 is 23.8 Å². The Morgan fingerprint density at radius 2 is 1.92 bits per heavy atom. The maximum atomic E-state index is 13.1. The summed E-state index contributed by atoms with van der Waals surface area (Å²) in [4.78, 5) is 2.06. The minimum atomic E-state index is -0.240. The Morgan fingerprint density at radius 3 is 2.56 bits per heavy atom. The zero-order valence-corrected chi connectivity index (χ0v) is 15.3. The second-order valence-electron chi connectivity index (χ2n) is 6.08. The molecule has 1 heterocycles. The molecule has 0 amide bonds. The highest BCUT2D eigenvalue weighted by Gasteiger charge is 2.21. The first-order valence-electron chi connectivity index (χ1n) is 8.28. The third kappa shape index (κ3) is 5.39. The van der Waals surface area contributed by atoms with Gasteiger partial charge in [-0.3, -0.25) is 0 Å². The fraction of sp³-hybridized carbons (Fsp3) is 0.316. The van der Waals surface area contributed by atoms with E-state index in [9.17, 15) is 4.39 Å².